The summed E-state index contributed by atoms with van der Waals surface area (Å²) in [6.07, 6.45) is -4.14. The van der Waals surface area contributed by atoms with Gasteiger partial charge in [0.25, 0.3) is 10.0 Å². The Balaban J connectivity index is 1.96. The molecule has 0 heterocycles. The van der Waals surface area contributed by atoms with Crippen molar-refractivity contribution in [2.45, 2.75) is 38.3 Å². The highest BCUT2D eigenvalue weighted by atomic mass is 32.2. The second-order valence-electron chi connectivity index (χ2n) is 8.37. The number of hydrogen-bond acceptors (Lipinski definition) is 3. The van der Waals surface area contributed by atoms with Gasteiger partial charge in [-0.05, 0) is 62.1 Å². The molecule has 3 rings (SSSR count). The van der Waals surface area contributed by atoms with E-state index >= 15 is 0 Å². The Bertz CT molecular complexity index is 1280. The molecule has 0 aromatic heterocycles. The molecule has 0 bridgehead atoms. The molecule has 3 aromatic carbocycles. The van der Waals surface area contributed by atoms with Gasteiger partial charge in [0.2, 0.25) is 5.91 Å². The van der Waals surface area contributed by atoms with Crippen molar-refractivity contribution in [3.63, 3.8) is 0 Å². The van der Waals surface area contributed by atoms with Crippen molar-refractivity contribution in [3.05, 3.63) is 94.5 Å². The Kier molecular flexibility index (Phi) is 7.90. The van der Waals surface area contributed by atoms with Gasteiger partial charge >= 0.3 is 6.18 Å². The predicted molar refractivity (Wildman–Crippen MR) is 130 cm³/mol. The summed E-state index contributed by atoms with van der Waals surface area (Å²) in [6.45, 7) is 4.66. The number of nitrogens with one attached hydrogen (secondary N) is 1. The maximum Gasteiger partial charge on any atom is 0.416 e. The summed E-state index contributed by atoms with van der Waals surface area (Å²) in [7, 11) is -4.36. The molecular formula is C26H27F3N2O3S. The Labute approximate surface area is 203 Å². The number of anilines is 1. The van der Waals surface area contributed by atoms with Gasteiger partial charge in [-0.2, -0.15) is 13.2 Å². The van der Waals surface area contributed by atoms with Crippen LogP contribution < -0.4 is 9.62 Å². The third kappa shape index (κ3) is 6.42. The van der Waals surface area contributed by atoms with Gasteiger partial charge in [-0.25, -0.2) is 8.42 Å². The molecule has 1 amide bonds. The maximum atomic E-state index is 13.7. The van der Waals surface area contributed by atoms with Gasteiger partial charge in [-0.1, -0.05) is 54.1 Å². The van der Waals surface area contributed by atoms with E-state index in [4.69, 9.17) is 0 Å². The predicted octanol–water partition coefficient (Wildman–Crippen LogP) is 5.18. The lowest BCUT2D eigenvalue weighted by Crippen LogP contribution is -2.42. The molecule has 0 fully saturated rings. The minimum absolute atomic E-state index is 0.0300. The van der Waals surface area contributed by atoms with Crippen LogP contribution in [0.15, 0.2) is 71.6 Å². The molecule has 0 atom stereocenters. The molecule has 5 nitrogen and oxygen atoms in total. The Morgan fingerprint density at radius 2 is 1.54 bits per heavy atom. The molecule has 0 aliphatic heterocycles. The van der Waals surface area contributed by atoms with Crippen molar-refractivity contribution in [2.75, 3.05) is 17.4 Å². The molecule has 35 heavy (non-hydrogen) atoms. The molecule has 0 aliphatic carbocycles. The van der Waals surface area contributed by atoms with Crippen molar-refractivity contribution < 1.29 is 26.4 Å². The van der Waals surface area contributed by atoms with Gasteiger partial charge in [-0.3, -0.25) is 9.10 Å². The van der Waals surface area contributed by atoms with Gasteiger partial charge in [0, 0.05) is 6.54 Å². The van der Waals surface area contributed by atoms with E-state index in [1.165, 1.54) is 6.07 Å². The minimum atomic E-state index is -4.67. The molecule has 186 valence electrons. The Morgan fingerprint density at radius 3 is 2.14 bits per heavy atom. The zero-order valence-electron chi connectivity index (χ0n) is 19.7. The number of benzene rings is 3. The van der Waals surface area contributed by atoms with Crippen molar-refractivity contribution in [3.8, 4) is 0 Å². The number of carbonyl (C=O) groups is 1. The molecule has 0 aliphatic rings. The molecule has 1 N–H and O–H groups in total. The van der Waals surface area contributed by atoms with Gasteiger partial charge in [0.15, 0.2) is 0 Å². The van der Waals surface area contributed by atoms with Crippen molar-refractivity contribution >= 4 is 21.6 Å². The van der Waals surface area contributed by atoms with Crippen LogP contribution in [0.1, 0.15) is 27.8 Å². The fraction of sp³-hybridized carbons (Fsp3) is 0.269. The van der Waals surface area contributed by atoms with Crippen LogP contribution in [0.25, 0.3) is 0 Å². The van der Waals surface area contributed by atoms with Gasteiger partial charge in [-0.15, -0.1) is 0 Å². The number of nitrogens with zero attached hydrogens (tertiary/aromatic N) is 1. The third-order valence-corrected chi connectivity index (χ3v) is 7.56. The zero-order valence-corrected chi connectivity index (χ0v) is 20.5. The molecule has 9 heteroatoms. The van der Waals surface area contributed by atoms with Gasteiger partial charge in [0.1, 0.15) is 6.54 Å². The molecule has 0 spiro atoms. The zero-order chi connectivity index (χ0) is 25.8. The van der Waals surface area contributed by atoms with Gasteiger partial charge in [0.05, 0.1) is 16.1 Å². The number of rotatable bonds is 8. The quantitative estimate of drug-likeness (QED) is 0.460. The molecule has 0 radical (unpaired) electrons. The number of alkyl halides is 3. The van der Waals surface area contributed by atoms with Crippen molar-refractivity contribution in [1.82, 2.24) is 5.32 Å². The summed E-state index contributed by atoms with van der Waals surface area (Å²) < 4.78 is 68.3. The average Bonchev–Trinajstić information content (AvgIpc) is 2.76. The first-order chi connectivity index (χ1) is 16.4. The van der Waals surface area contributed by atoms with E-state index in [9.17, 15) is 26.4 Å². The number of carbonyl (C=O) groups excluding carboxylic acids is 1. The van der Waals surface area contributed by atoms with Gasteiger partial charge < -0.3 is 5.32 Å². The smallest absolute Gasteiger partial charge is 0.354 e. The monoisotopic (exact) mass is 504 g/mol. The van der Waals surface area contributed by atoms with Crippen LogP contribution in [0.2, 0.25) is 0 Å². The summed E-state index contributed by atoms with van der Waals surface area (Å²) in [5.41, 5.74) is 1.49. The minimum Gasteiger partial charge on any atom is -0.354 e. The van der Waals surface area contributed by atoms with Crippen molar-refractivity contribution in [1.29, 1.82) is 0 Å². The summed E-state index contributed by atoms with van der Waals surface area (Å²) in [5, 5.41) is 2.67. The number of hydrogen-bond donors (Lipinski definition) is 1. The summed E-state index contributed by atoms with van der Waals surface area (Å²) in [6, 6.07) is 16.7. The van der Waals surface area contributed by atoms with E-state index in [2.05, 4.69) is 5.32 Å². The lowest BCUT2D eigenvalue weighted by atomic mass is 10.1. The number of aryl methyl sites for hydroxylation is 3. The van der Waals surface area contributed by atoms with Crippen molar-refractivity contribution in [2.24, 2.45) is 0 Å². The summed E-state index contributed by atoms with van der Waals surface area (Å²) >= 11 is 0. The van der Waals surface area contributed by atoms with Crippen LogP contribution in [0.4, 0.5) is 18.9 Å². The first-order valence-corrected chi connectivity index (χ1v) is 12.4. The van der Waals surface area contributed by atoms with Crippen LogP contribution in [-0.4, -0.2) is 27.4 Å². The fourth-order valence-electron chi connectivity index (χ4n) is 4.01. The molecule has 0 unspecified atom stereocenters. The highest BCUT2D eigenvalue weighted by molar-refractivity contribution is 7.93. The highest BCUT2D eigenvalue weighted by Crippen LogP contribution is 2.34. The largest absolute Gasteiger partial charge is 0.416 e. The van der Waals surface area contributed by atoms with Crippen LogP contribution in [-0.2, 0) is 27.4 Å². The Morgan fingerprint density at radius 1 is 0.914 bits per heavy atom. The van der Waals surface area contributed by atoms with E-state index in [0.717, 1.165) is 33.6 Å². The third-order valence-electron chi connectivity index (χ3n) is 5.48. The van der Waals surface area contributed by atoms with E-state index in [-0.39, 0.29) is 17.1 Å². The second kappa shape index (κ2) is 10.5. The number of halogens is 3. The normalized spacial score (nSPS) is 11.8. The number of sulfonamides is 1. The second-order valence-corrected chi connectivity index (χ2v) is 10.2. The van der Waals surface area contributed by atoms with E-state index < -0.39 is 34.2 Å². The average molecular weight is 505 g/mol. The number of amides is 1. The first-order valence-electron chi connectivity index (χ1n) is 11.0. The molecule has 0 saturated carbocycles. The summed E-state index contributed by atoms with van der Waals surface area (Å²) in [4.78, 5) is 12.7. The fourth-order valence-corrected chi connectivity index (χ4v) is 5.84. The lowest BCUT2D eigenvalue weighted by molar-refractivity contribution is -0.137. The standard InChI is InChI=1S/C26H27F3N2O3S/c1-18-14-19(2)25(20(3)15-18)35(33,34)31(23-11-7-10-22(16-23)26(27,28)29)17-24(32)30-13-12-21-8-5-4-6-9-21/h4-11,14-16H,12-13,17H2,1-3H3,(H,30,32). The Hall–Kier alpha value is -3.33. The van der Waals surface area contributed by atoms with Crippen LogP contribution in [0, 0.1) is 20.8 Å². The molecule has 0 saturated heterocycles. The topological polar surface area (TPSA) is 66.5 Å². The van der Waals surface area contributed by atoms with E-state index in [0.29, 0.717) is 17.5 Å². The van der Waals surface area contributed by atoms with E-state index in [1.807, 2.05) is 37.3 Å². The van der Waals surface area contributed by atoms with Crippen LogP contribution in [0.5, 0.6) is 0 Å². The van der Waals surface area contributed by atoms with Crippen LogP contribution in [0.3, 0.4) is 0 Å². The summed E-state index contributed by atoms with van der Waals surface area (Å²) in [5.74, 6) is -0.621. The van der Waals surface area contributed by atoms with E-state index in [1.54, 1.807) is 26.0 Å². The lowest BCUT2D eigenvalue weighted by Gasteiger charge is -2.26. The molecule has 3 aromatic rings. The first kappa shape index (κ1) is 26.3. The maximum absolute atomic E-state index is 13.7. The highest BCUT2D eigenvalue weighted by Gasteiger charge is 2.34. The SMILES string of the molecule is Cc1cc(C)c(S(=O)(=O)N(CC(=O)NCCc2ccccc2)c2cccc(C(F)(F)F)c2)c(C)c1. The molecular weight excluding hydrogens is 477 g/mol. The van der Waals surface area contributed by atoms with Crippen LogP contribution >= 0.6 is 0 Å².